The first kappa shape index (κ1) is 21.7. The summed E-state index contributed by atoms with van der Waals surface area (Å²) in [6, 6.07) is 34.7. The van der Waals surface area contributed by atoms with Gasteiger partial charge in [-0.15, -0.1) is 11.3 Å². The molecule has 4 aromatic carbocycles. The van der Waals surface area contributed by atoms with Crippen molar-refractivity contribution >= 4 is 56.1 Å². The Morgan fingerprint density at radius 1 is 0.694 bits per heavy atom. The highest BCUT2D eigenvalue weighted by Gasteiger charge is 2.33. The van der Waals surface area contributed by atoms with Crippen molar-refractivity contribution in [3.8, 4) is 6.07 Å². The van der Waals surface area contributed by atoms with Gasteiger partial charge >= 0.3 is 0 Å². The first-order valence-electron chi connectivity index (χ1n) is 11.4. The molecule has 1 aromatic heterocycles. The lowest BCUT2D eigenvalue weighted by atomic mass is 10.0. The number of carbonyl (C=O) groups excluding carboxylic acids is 2. The van der Waals surface area contributed by atoms with E-state index in [2.05, 4.69) is 11.0 Å². The second-order valence-electron chi connectivity index (χ2n) is 8.47. The van der Waals surface area contributed by atoms with E-state index in [4.69, 9.17) is 0 Å². The molecule has 1 aliphatic rings. The van der Waals surface area contributed by atoms with Gasteiger partial charge in [0.1, 0.15) is 5.00 Å². The molecular weight excluding hydrogens is 464 g/mol. The van der Waals surface area contributed by atoms with Gasteiger partial charge in [0.25, 0.3) is 0 Å². The molecule has 0 unspecified atom stereocenters. The molecule has 0 aliphatic heterocycles. The largest absolute Gasteiger partial charge is 0.302 e. The fraction of sp³-hybridized carbons (Fsp3) is 0. The molecule has 0 N–H and O–H groups in total. The van der Waals surface area contributed by atoms with Gasteiger partial charge in [0, 0.05) is 27.4 Å². The predicted molar refractivity (Wildman–Crippen MR) is 144 cm³/mol. The first-order chi connectivity index (χ1) is 17.6. The van der Waals surface area contributed by atoms with Gasteiger partial charge in [-0.2, -0.15) is 5.26 Å². The molecule has 0 amide bonds. The zero-order valence-corrected chi connectivity index (χ0v) is 19.8. The summed E-state index contributed by atoms with van der Waals surface area (Å²) in [6.45, 7) is 0. The van der Waals surface area contributed by atoms with E-state index in [0.717, 1.165) is 32.0 Å². The van der Waals surface area contributed by atoms with Crippen LogP contribution in [0.25, 0.3) is 16.8 Å². The van der Waals surface area contributed by atoms with E-state index in [1.807, 2.05) is 97.1 Å². The van der Waals surface area contributed by atoms with E-state index in [0.29, 0.717) is 16.7 Å². The van der Waals surface area contributed by atoms with E-state index in [9.17, 15) is 14.9 Å². The van der Waals surface area contributed by atoms with Crippen LogP contribution in [0.4, 0.5) is 16.4 Å². The average Bonchev–Trinajstić information content (AvgIpc) is 3.47. The Kier molecular flexibility index (Phi) is 5.29. The minimum Gasteiger partial charge on any atom is -0.302 e. The van der Waals surface area contributed by atoms with Crippen LogP contribution in [-0.4, -0.2) is 11.6 Å². The van der Waals surface area contributed by atoms with Gasteiger partial charge in [0.2, 0.25) is 0 Å². The Labute approximate surface area is 212 Å². The lowest BCUT2D eigenvalue weighted by Crippen LogP contribution is -2.08. The van der Waals surface area contributed by atoms with Crippen molar-refractivity contribution in [2.75, 3.05) is 4.90 Å². The standard InChI is InChI=1S/C31H18N2O2S/c32-19-20-7-6-12-24(15-20)33(23-10-2-1-3-11-23)29-14-13-25(36-29)18-28-30(34)26-16-21-8-4-5-9-22(21)17-27(26)31(28)35/h1-18H. The number of para-hydroxylation sites is 1. The number of hydrogen-bond donors (Lipinski definition) is 0. The number of Topliss-reactive ketones (excluding diaryl/α,β-unsaturated/α-hetero) is 2. The molecule has 0 radical (unpaired) electrons. The van der Waals surface area contributed by atoms with E-state index in [1.165, 1.54) is 11.3 Å². The number of allylic oxidation sites excluding steroid dienone is 1. The smallest absolute Gasteiger partial charge is 0.197 e. The second kappa shape index (κ2) is 8.77. The maximum Gasteiger partial charge on any atom is 0.197 e. The number of thiophene rings is 1. The van der Waals surface area contributed by atoms with E-state index < -0.39 is 0 Å². The molecule has 4 nitrogen and oxygen atoms in total. The van der Waals surface area contributed by atoms with Gasteiger partial charge in [-0.1, -0.05) is 48.5 Å². The zero-order chi connectivity index (χ0) is 24.6. The van der Waals surface area contributed by atoms with Crippen molar-refractivity contribution in [3.63, 3.8) is 0 Å². The Hall–Kier alpha value is -4.79. The van der Waals surface area contributed by atoms with Crippen LogP contribution in [0.15, 0.2) is 109 Å². The number of ketones is 2. The van der Waals surface area contributed by atoms with Crippen LogP contribution < -0.4 is 4.90 Å². The third-order valence-corrected chi connectivity index (χ3v) is 7.25. The van der Waals surface area contributed by atoms with E-state index in [1.54, 1.807) is 12.1 Å². The number of carbonyl (C=O) groups is 2. The summed E-state index contributed by atoms with van der Waals surface area (Å²) < 4.78 is 0. The molecule has 1 heterocycles. The lowest BCUT2D eigenvalue weighted by molar-refractivity contribution is 0.0990. The van der Waals surface area contributed by atoms with Gasteiger partial charge in [-0.05, 0) is 71.4 Å². The fourth-order valence-electron chi connectivity index (χ4n) is 4.52. The van der Waals surface area contributed by atoms with Crippen LogP contribution in [0, 0.1) is 11.3 Å². The highest BCUT2D eigenvalue weighted by molar-refractivity contribution is 7.17. The van der Waals surface area contributed by atoms with Crippen LogP contribution in [0.3, 0.4) is 0 Å². The maximum atomic E-state index is 13.2. The molecular formula is C31H18N2O2S. The fourth-order valence-corrected chi connectivity index (χ4v) is 5.51. The summed E-state index contributed by atoms with van der Waals surface area (Å²) >= 11 is 1.48. The van der Waals surface area contributed by atoms with Crippen LogP contribution in [0.5, 0.6) is 0 Å². The average molecular weight is 483 g/mol. The molecule has 170 valence electrons. The van der Waals surface area contributed by atoms with Crippen LogP contribution in [-0.2, 0) is 0 Å². The Morgan fingerprint density at radius 3 is 2.00 bits per heavy atom. The summed E-state index contributed by atoms with van der Waals surface area (Å²) in [6.07, 6.45) is 1.69. The van der Waals surface area contributed by atoms with Crippen molar-refractivity contribution < 1.29 is 9.59 Å². The molecule has 0 bridgehead atoms. The van der Waals surface area contributed by atoms with Crippen molar-refractivity contribution in [2.24, 2.45) is 0 Å². The molecule has 0 spiro atoms. The third kappa shape index (κ3) is 3.70. The quantitative estimate of drug-likeness (QED) is 0.194. The molecule has 6 rings (SSSR count). The Balaban J connectivity index is 1.40. The second-order valence-corrected chi connectivity index (χ2v) is 9.56. The third-order valence-electron chi connectivity index (χ3n) is 6.23. The van der Waals surface area contributed by atoms with E-state index in [-0.39, 0.29) is 17.1 Å². The monoisotopic (exact) mass is 482 g/mol. The topological polar surface area (TPSA) is 61.2 Å². The van der Waals surface area contributed by atoms with Gasteiger partial charge in [-0.3, -0.25) is 9.59 Å². The van der Waals surface area contributed by atoms with E-state index >= 15 is 0 Å². The molecule has 0 saturated heterocycles. The molecule has 5 aromatic rings. The number of hydrogen-bond acceptors (Lipinski definition) is 5. The number of nitriles is 1. The van der Waals surface area contributed by atoms with Crippen molar-refractivity contribution in [2.45, 2.75) is 0 Å². The molecule has 1 aliphatic carbocycles. The minimum absolute atomic E-state index is 0.187. The minimum atomic E-state index is -0.239. The maximum absolute atomic E-state index is 13.2. The van der Waals surface area contributed by atoms with Gasteiger partial charge in [-0.25, -0.2) is 0 Å². The molecule has 0 saturated carbocycles. The summed E-state index contributed by atoms with van der Waals surface area (Å²) in [7, 11) is 0. The van der Waals surface area contributed by atoms with Gasteiger partial charge in [0.15, 0.2) is 11.6 Å². The number of benzene rings is 4. The normalized spacial score (nSPS) is 12.5. The van der Waals surface area contributed by atoms with Crippen molar-refractivity contribution in [3.05, 3.63) is 130 Å². The molecule has 0 atom stereocenters. The van der Waals surface area contributed by atoms with Gasteiger partial charge < -0.3 is 4.90 Å². The summed E-state index contributed by atoms with van der Waals surface area (Å²) in [5.74, 6) is -0.477. The lowest BCUT2D eigenvalue weighted by Gasteiger charge is -2.23. The Bertz CT molecular complexity index is 1690. The number of anilines is 3. The summed E-state index contributed by atoms with van der Waals surface area (Å²) in [4.78, 5) is 29.2. The first-order valence-corrected chi connectivity index (χ1v) is 12.2. The number of nitrogens with zero attached hydrogens (tertiary/aromatic N) is 2. The van der Waals surface area contributed by atoms with Crippen LogP contribution >= 0.6 is 11.3 Å². The number of fused-ring (bicyclic) bond motifs is 2. The Morgan fingerprint density at radius 2 is 1.33 bits per heavy atom. The highest BCUT2D eigenvalue weighted by atomic mass is 32.1. The summed E-state index contributed by atoms with van der Waals surface area (Å²) in [5, 5.41) is 12.2. The van der Waals surface area contributed by atoms with Crippen molar-refractivity contribution in [1.82, 2.24) is 0 Å². The SMILES string of the molecule is N#Cc1cccc(N(c2ccccc2)c2ccc(C=C3C(=O)c4cc5ccccc5cc4C3=O)s2)c1. The summed E-state index contributed by atoms with van der Waals surface area (Å²) in [5.41, 5.74) is 3.47. The van der Waals surface area contributed by atoms with Gasteiger partial charge in [0.05, 0.1) is 17.2 Å². The number of rotatable bonds is 4. The highest BCUT2D eigenvalue weighted by Crippen LogP contribution is 2.40. The molecule has 0 fully saturated rings. The van der Waals surface area contributed by atoms with Crippen molar-refractivity contribution in [1.29, 1.82) is 5.26 Å². The van der Waals surface area contributed by atoms with Crippen LogP contribution in [0.2, 0.25) is 0 Å². The van der Waals surface area contributed by atoms with Crippen LogP contribution in [0.1, 0.15) is 31.2 Å². The predicted octanol–water partition coefficient (Wildman–Crippen LogP) is 7.71. The zero-order valence-electron chi connectivity index (χ0n) is 19.0. The molecule has 5 heteroatoms. The molecule has 36 heavy (non-hydrogen) atoms.